The first-order valence-corrected chi connectivity index (χ1v) is 9.78. The molecule has 146 valence electrons. The molecule has 0 bridgehead atoms. The minimum Gasteiger partial charge on any atom is -0.508 e. The summed E-state index contributed by atoms with van der Waals surface area (Å²) in [6.45, 7) is 5.53. The van der Waals surface area contributed by atoms with Crippen LogP contribution in [0.3, 0.4) is 0 Å². The molecule has 0 atom stereocenters. The molecule has 2 aromatic rings. The van der Waals surface area contributed by atoms with Crippen LogP contribution >= 0.6 is 0 Å². The number of carbonyl (C=O) groups excluding carboxylic acids is 1. The van der Waals surface area contributed by atoms with E-state index in [1.165, 1.54) is 0 Å². The second-order valence-electron chi connectivity index (χ2n) is 7.23. The maximum absolute atomic E-state index is 13.2. The Morgan fingerprint density at radius 2 is 1.36 bits per heavy atom. The lowest BCUT2D eigenvalue weighted by Gasteiger charge is -2.35. The normalized spacial score (nSPS) is 18.3. The zero-order valence-corrected chi connectivity index (χ0v) is 16.4. The Balaban J connectivity index is 2.00. The van der Waals surface area contributed by atoms with Crippen LogP contribution in [0.25, 0.3) is 12.2 Å². The van der Waals surface area contributed by atoms with E-state index in [1.807, 2.05) is 24.3 Å². The first-order valence-electron chi connectivity index (χ1n) is 9.78. The molecule has 1 heterocycles. The SMILES string of the molecule is CCC(CC)N1C/C(=C/c2cccc(O)c2)C(=O)/C(=C\c2cccc(O)c2)C1. The van der Waals surface area contributed by atoms with Crippen LogP contribution in [0.15, 0.2) is 59.7 Å². The predicted octanol–water partition coefficient (Wildman–Crippen LogP) is 4.64. The molecule has 3 rings (SSSR count). The molecular formula is C24H27NO3. The molecule has 0 spiro atoms. The second-order valence-corrected chi connectivity index (χ2v) is 7.23. The molecule has 1 saturated heterocycles. The number of hydrogen-bond donors (Lipinski definition) is 2. The summed E-state index contributed by atoms with van der Waals surface area (Å²) in [5.74, 6) is 0.392. The number of benzene rings is 2. The van der Waals surface area contributed by atoms with Gasteiger partial charge in [-0.05, 0) is 60.4 Å². The van der Waals surface area contributed by atoms with Gasteiger partial charge in [0.25, 0.3) is 0 Å². The smallest absolute Gasteiger partial charge is 0.187 e. The first kappa shape index (κ1) is 19.9. The Labute approximate surface area is 166 Å². The van der Waals surface area contributed by atoms with Crippen molar-refractivity contribution in [3.63, 3.8) is 0 Å². The second kappa shape index (κ2) is 8.89. The molecule has 0 unspecified atom stereocenters. The average Bonchev–Trinajstić information content (AvgIpc) is 2.66. The van der Waals surface area contributed by atoms with E-state index in [1.54, 1.807) is 36.4 Å². The highest BCUT2D eigenvalue weighted by Crippen LogP contribution is 2.26. The molecule has 4 heteroatoms. The quantitative estimate of drug-likeness (QED) is 0.746. The van der Waals surface area contributed by atoms with Crippen LogP contribution in [0.5, 0.6) is 11.5 Å². The van der Waals surface area contributed by atoms with Crippen molar-refractivity contribution in [1.29, 1.82) is 0 Å². The van der Waals surface area contributed by atoms with Crippen LogP contribution in [-0.4, -0.2) is 40.0 Å². The third-order valence-electron chi connectivity index (χ3n) is 5.21. The summed E-state index contributed by atoms with van der Waals surface area (Å²) in [4.78, 5) is 15.5. The summed E-state index contributed by atoms with van der Waals surface area (Å²) >= 11 is 0. The summed E-state index contributed by atoms with van der Waals surface area (Å²) in [6.07, 6.45) is 5.77. The van der Waals surface area contributed by atoms with Gasteiger partial charge in [-0.15, -0.1) is 0 Å². The third-order valence-corrected chi connectivity index (χ3v) is 5.21. The number of hydrogen-bond acceptors (Lipinski definition) is 4. The van der Waals surface area contributed by atoms with Crippen LogP contribution in [0.4, 0.5) is 0 Å². The lowest BCUT2D eigenvalue weighted by molar-refractivity contribution is -0.113. The van der Waals surface area contributed by atoms with E-state index in [4.69, 9.17) is 0 Å². The zero-order chi connectivity index (χ0) is 20.1. The van der Waals surface area contributed by atoms with Crippen molar-refractivity contribution < 1.29 is 15.0 Å². The number of carbonyl (C=O) groups is 1. The van der Waals surface area contributed by atoms with Gasteiger partial charge in [0, 0.05) is 30.3 Å². The van der Waals surface area contributed by atoms with Crippen LogP contribution in [0, 0.1) is 0 Å². The molecule has 1 aliphatic heterocycles. The molecule has 1 fully saturated rings. The van der Waals surface area contributed by atoms with E-state index in [-0.39, 0.29) is 17.3 Å². The number of phenols is 2. The van der Waals surface area contributed by atoms with Crippen LogP contribution in [0.2, 0.25) is 0 Å². The minimum absolute atomic E-state index is 0.0221. The molecule has 0 radical (unpaired) electrons. The summed E-state index contributed by atoms with van der Waals surface area (Å²) in [6, 6.07) is 14.3. The van der Waals surface area contributed by atoms with Gasteiger partial charge in [-0.1, -0.05) is 38.1 Å². The van der Waals surface area contributed by atoms with E-state index in [2.05, 4.69) is 18.7 Å². The van der Waals surface area contributed by atoms with Gasteiger partial charge in [-0.3, -0.25) is 9.69 Å². The lowest BCUT2D eigenvalue weighted by atomic mass is 9.92. The van der Waals surface area contributed by atoms with Crippen molar-refractivity contribution in [2.45, 2.75) is 32.7 Å². The fourth-order valence-corrected chi connectivity index (χ4v) is 3.76. The molecular weight excluding hydrogens is 350 g/mol. The number of phenolic OH excluding ortho intramolecular Hbond substituents is 2. The number of likely N-dealkylation sites (tertiary alicyclic amines) is 1. The first-order chi connectivity index (χ1) is 13.5. The summed E-state index contributed by atoms with van der Waals surface area (Å²) in [7, 11) is 0. The Bertz CT molecular complexity index is 842. The van der Waals surface area contributed by atoms with Gasteiger partial charge >= 0.3 is 0 Å². The van der Waals surface area contributed by atoms with Crippen molar-refractivity contribution in [1.82, 2.24) is 4.90 Å². The zero-order valence-electron chi connectivity index (χ0n) is 16.4. The molecule has 0 amide bonds. The topological polar surface area (TPSA) is 60.8 Å². The fourth-order valence-electron chi connectivity index (χ4n) is 3.76. The van der Waals surface area contributed by atoms with E-state index < -0.39 is 0 Å². The van der Waals surface area contributed by atoms with Crippen molar-refractivity contribution in [2.75, 3.05) is 13.1 Å². The minimum atomic E-state index is 0.0221. The number of Topliss-reactive ketones (excluding diaryl/α,β-unsaturated/α-hetero) is 1. The maximum Gasteiger partial charge on any atom is 0.187 e. The van der Waals surface area contributed by atoms with E-state index in [9.17, 15) is 15.0 Å². The van der Waals surface area contributed by atoms with E-state index in [0.717, 1.165) is 35.1 Å². The monoisotopic (exact) mass is 377 g/mol. The number of piperidine rings is 1. The molecule has 0 aliphatic carbocycles. The van der Waals surface area contributed by atoms with Crippen LogP contribution in [-0.2, 0) is 4.79 Å². The molecule has 0 aromatic heterocycles. The van der Waals surface area contributed by atoms with Crippen molar-refractivity contribution in [3.05, 3.63) is 70.8 Å². The molecule has 28 heavy (non-hydrogen) atoms. The summed E-state index contributed by atoms with van der Waals surface area (Å²) in [5, 5.41) is 19.5. The summed E-state index contributed by atoms with van der Waals surface area (Å²) < 4.78 is 0. The highest BCUT2D eigenvalue weighted by molar-refractivity contribution is 6.14. The predicted molar refractivity (Wildman–Crippen MR) is 113 cm³/mol. The summed E-state index contributed by atoms with van der Waals surface area (Å²) in [5.41, 5.74) is 3.06. The Morgan fingerprint density at radius 1 is 0.893 bits per heavy atom. The van der Waals surface area contributed by atoms with Gasteiger partial charge in [-0.25, -0.2) is 0 Å². The van der Waals surface area contributed by atoms with Gasteiger partial charge in [0.2, 0.25) is 0 Å². The third kappa shape index (κ3) is 4.70. The maximum atomic E-state index is 13.2. The highest BCUT2D eigenvalue weighted by atomic mass is 16.3. The van der Waals surface area contributed by atoms with Crippen LogP contribution in [0.1, 0.15) is 37.8 Å². The fraction of sp³-hybridized carbons (Fsp3) is 0.292. The van der Waals surface area contributed by atoms with Crippen molar-refractivity contribution in [2.24, 2.45) is 0 Å². The van der Waals surface area contributed by atoms with Gasteiger partial charge in [0.1, 0.15) is 11.5 Å². The van der Waals surface area contributed by atoms with Crippen molar-refractivity contribution in [3.8, 4) is 11.5 Å². The average molecular weight is 377 g/mol. The number of rotatable bonds is 5. The number of aromatic hydroxyl groups is 2. The van der Waals surface area contributed by atoms with Crippen LogP contribution < -0.4 is 0 Å². The standard InChI is InChI=1S/C24H27NO3/c1-3-21(4-2)25-15-19(11-17-7-5-9-22(26)13-17)24(28)20(16-25)12-18-8-6-10-23(27)14-18/h5-14,21,26-27H,3-4,15-16H2,1-2H3/b19-11-,20-12-. The Hall–Kier alpha value is -2.85. The largest absolute Gasteiger partial charge is 0.508 e. The number of nitrogens with zero attached hydrogens (tertiary/aromatic N) is 1. The van der Waals surface area contributed by atoms with Gasteiger partial charge < -0.3 is 10.2 Å². The number of ketones is 1. The van der Waals surface area contributed by atoms with E-state index in [0.29, 0.717) is 19.1 Å². The van der Waals surface area contributed by atoms with E-state index >= 15 is 0 Å². The molecule has 0 saturated carbocycles. The Morgan fingerprint density at radius 3 is 1.75 bits per heavy atom. The van der Waals surface area contributed by atoms with Gasteiger partial charge in [0.15, 0.2) is 5.78 Å². The molecule has 2 N–H and O–H groups in total. The molecule has 2 aromatic carbocycles. The molecule has 1 aliphatic rings. The molecule has 4 nitrogen and oxygen atoms in total. The van der Waals surface area contributed by atoms with Gasteiger partial charge in [-0.2, -0.15) is 0 Å². The highest BCUT2D eigenvalue weighted by Gasteiger charge is 2.29. The lowest BCUT2D eigenvalue weighted by Crippen LogP contribution is -2.43. The Kier molecular flexibility index (Phi) is 6.32. The van der Waals surface area contributed by atoms with Gasteiger partial charge in [0.05, 0.1) is 0 Å². The van der Waals surface area contributed by atoms with Crippen molar-refractivity contribution >= 4 is 17.9 Å².